The lowest BCUT2D eigenvalue weighted by Crippen LogP contribution is -2.33. The SMILES string of the molecule is Cc1nn(C)c(C)c1S(=O)(=O)NCCn1nc2c(cc1=O)CCCC2. The summed E-state index contributed by atoms with van der Waals surface area (Å²) in [7, 11) is -1.97. The van der Waals surface area contributed by atoms with Gasteiger partial charge in [0.1, 0.15) is 4.90 Å². The van der Waals surface area contributed by atoms with Gasteiger partial charge in [0.15, 0.2) is 0 Å². The van der Waals surface area contributed by atoms with Crippen LogP contribution >= 0.6 is 0 Å². The fourth-order valence-electron chi connectivity index (χ4n) is 3.26. The first kappa shape index (κ1) is 17.8. The molecule has 1 aliphatic rings. The summed E-state index contributed by atoms with van der Waals surface area (Å²) >= 11 is 0. The van der Waals surface area contributed by atoms with Gasteiger partial charge in [0.05, 0.1) is 23.6 Å². The van der Waals surface area contributed by atoms with Crippen LogP contribution in [0.25, 0.3) is 0 Å². The molecule has 0 spiro atoms. The Balaban J connectivity index is 1.73. The minimum absolute atomic E-state index is 0.0990. The maximum absolute atomic E-state index is 12.5. The molecule has 8 nitrogen and oxygen atoms in total. The minimum Gasteiger partial charge on any atom is -0.271 e. The number of hydrogen-bond donors (Lipinski definition) is 1. The molecule has 2 heterocycles. The normalized spacial score (nSPS) is 14.5. The topological polar surface area (TPSA) is 98.9 Å². The van der Waals surface area contributed by atoms with Gasteiger partial charge in [-0.25, -0.2) is 17.8 Å². The molecule has 25 heavy (non-hydrogen) atoms. The Hall–Kier alpha value is -2.00. The molecule has 2 aromatic rings. The zero-order chi connectivity index (χ0) is 18.2. The Morgan fingerprint density at radius 2 is 1.92 bits per heavy atom. The largest absolute Gasteiger partial charge is 0.271 e. The van der Waals surface area contributed by atoms with Crippen LogP contribution < -0.4 is 10.3 Å². The van der Waals surface area contributed by atoms with Gasteiger partial charge in [0.25, 0.3) is 5.56 Å². The number of sulfonamides is 1. The second kappa shape index (κ2) is 6.72. The van der Waals surface area contributed by atoms with Crippen LogP contribution in [0.4, 0.5) is 0 Å². The van der Waals surface area contributed by atoms with Crippen molar-refractivity contribution in [3.63, 3.8) is 0 Å². The second-order valence-corrected chi connectivity index (χ2v) is 8.11. The molecule has 136 valence electrons. The van der Waals surface area contributed by atoms with Gasteiger partial charge in [-0.2, -0.15) is 10.2 Å². The fourth-order valence-corrected chi connectivity index (χ4v) is 4.72. The van der Waals surface area contributed by atoms with Gasteiger partial charge in [0, 0.05) is 19.7 Å². The maximum Gasteiger partial charge on any atom is 0.267 e. The lowest BCUT2D eigenvalue weighted by Gasteiger charge is -2.16. The van der Waals surface area contributed by atoms with Crippen LogP contribution in [0.1, 0.15) is 35.5 Å². The molecule has 0 unspecified atom stereocenters. The second-order valence-electron chi connectivity index (χ2n) is 6.41. The lowest BCUT2D eigenvalue weighted by molar-refractivity contribution is 0.526. The number of fused-ring (bicyclic) bond motifs is 1. The van der Waals surface area contributed by atoms with E-state index in [9.17, 15) is 13.2 Å². The van der Waals surface area contributed by atoms with Crippen molar-refractivity contribution in [1.29, 1.82) is 0 Å². The first-order valence-electron chi connectivity index (χ1n) is 8.39. The highest BCUT2D eigenvalue weighted by atomic mass is 32.2. The van der Waals surface area contributed by atoms with E-state index in [1.807, 2.05) is 0 Å². The summed E-state index contributed by atoms with van der Waals surface area (Å²) in [4.78, 5) is 12.3. The Labute approximate surface area is 146 Å². The van der Waals surface area contributed by atoms with Gasteiger partial charge in [-0.1, -0.05) is 0 Å². The standard InChI is InChI=1S/C16H23N5O3S/c1-11-16(12(2)20(3)18-11)25(23,24)17-8-9-21-15(22)10-13-6-4-5-7-14(13)19-21/h10,17H,4-9H2,1-3H3. The summed E-state index contributed by atoms with van der Waals surface area (Å²) in [6.07, 6.45) is 3.92. The summed E-state index contributed by atoms with van der Waals surface area (Å²) < 4.78 is 30.5. The lowest BCUT2D eigenvalue weighted by atomic mass is 9.97. The van der Waals surface area contributed by atoms with Crippen LogP contribution in [0, 0.1) is 13.8 Å². The number of nitrogens with one attached hydrogen (secondary N) is 1. The number of aryl methyl sites for hydroxylation is 4. The van der Waals surface area contributed by atoms with Crippen molar-refractivity contribution in [3.05, 3.63) is 39.1 Å². The van der Waals surface area contributed by atoms with E-state index in [1.165, 1.54) is 4.68 Å². The highest BCUT2D eigenvalue weighted by molar-refractivity contribution is 7.89. The summed E-state index contributed by atoms with van der Waals surface area (Å²) in [5.41, 5.74) is 2.82. The molecule has 0 radical (unpaired) electrons. The van der Waals surface area contributed by atoms with Gasteiger partial charge in [-0.15, -0.1) is 0 Å². The van der Waals surface area contributed by atoms with Crippen molar-refractivity contribution in [3.8, 4) is 0 Å². The van der Waals surface area contributed by atoms with E-state index >= 15 is 0 Å². The molecule has 9 heteroatoms. The number of hydrogen-bond acceptors (Lipinski definition) is 5. The molecule has 0 aromatic carbocycles. The average molecular weight is 365 g/mol. The smallest absolute Gasteiger partial charge is 0.267 e. The van der Waals surface area contributed by atoms with E-state index in [4.69, 9.17) is 0 Å². The molecule has 3 rings (SSSR count). The summed E-state index contributed by atoms with van der Waals surface area (Å²) in [6.45, 7) is 3.67. The zero-order valence-corrected chi connectivity index (χ0v) is 15.6. The molecule has 0 amide bonds. The van der Waals surface area contributed by atoms with E-state index < -0.39 is 10.0 Å². The van der Waals surface area contributed by atoms with Crippen LogP contribution in [0.2, 0.25) is 0 Å². The van der Waals surface area contributed by atoms with Crippen LogP contribution in [-0.4, -0.2) is 34.5 Å². The van der Waals surface area contributed by atoms with Crippen molar-refractivity contribution in [1.82, 2.24) is 24.3 Å². The number of nitrogens with zero attached hydrogens (tertiary/aromatic N) is 4. The molecular weight excluding hydrogens is 342 g/mol. The van der Waals surface area contributed by atoms with E-state index in [-0.39, 0.29) is 23.5 Å². The minimum atomic E-state index is -3.68. The summed E-state index contributed by atoms with van der Waals surface area (Å²) in [6, 6.07) is 1.63. The summed E-state index contributed by atoms with van der Waals surface area (Å²) in [5, 5.41) is 8.53. The highest BCUT2D eigenvalue weighted by Crippen LogP contribution is 2.18. The van der Waals surface area contributed by atoms with Gasteiger partial charge < -0.3 is 0 Å². The van der Waals surface area contributed by atoms with Gasteiger partial charge in [-0.3, -0.25) is 9.48 Å². The molecule has 0 fully saturated rings. The highest BCUT2D eigenvalue weighted by Gasteiger charge is 2.23. The molecular formula is C16H23N5O3S. The van der Waals surface area contributed by atoms with Crippen molar-refractivity contribution in [2.45, 2.75) is 51.0 Å². The maximum atomic E-state index is 12.5. The predicted molar refractivity (Wildman–Crippen MR) is 93.0 cm³/mol. The Morgan fingerprint density at radius 1 is 1.20 bits per heavy atom. The Bertz CT molecular complexity index is 959. The molecule has 0 bridgehead atoms. The Morgan fingerprint density at radius 3 is 2.60 bits per heavy atom. The zero-order valence-electron chi connectivity index (χ0n) is 14.7. The van der Waals surface area contributed by atoms with Crippen molar-refractivity contribution in [2.75, 3.05) is 6.54 Å². The van der Waals surface area contributed by atoms with E-state index in [2.05, 4.69) is 14.9 Å². The first-order chi connectivity index (χ1) is 11.8. The van der Waals surface area contributed by atoms with E-state index in [1.54, 1.807) is 31.6 Å². The Kier molecular flexibility index (Phi) is 4.79. The summed E-state index contributed by atoms with van der Waals surface area (Å²) in [5.74, 6) is 0. The molecule has 1 aliphatic carbocycles. The monoisotopic (exact) mass is 365 g/mol. The fraction of sp³-hybridized carbons (Fsp3) is 0.562. The molecule has 0 atom stereocenters. The molecule has 1 N–H and O–H groups in total. The number of rotatable bonds is 5. The van der Waals surface area contributed by atoms with Crippen LogP contribution in [-0.2, 0) is 36.5 Å². The van der Waals surface area contributed by atoms with E-state index in [0.29, 0.717) is 11.4 Å². The third kappa shape index (κ3) is 3.52. The van der Waals surface area contributed by atoms with Gasteiger partial charge in [0.2, 0.25) is 10.0 Å². The third-order valence-electron chi connectivity index (χ3n) is 4.60. The van der Waals surface area contributed by atoms with Crippen molar-refractivity contribution in [2.24, 2.45) is 7.05 Å². The average Bonchev–Trinajstić information content (AvgIpc) is 2.80. The first-order valence-corrected chi connectivity index (χ1v) is 9.87. The third-order valence-corrected chi connectivity index (χ3v) is 6.31. The quantitative estimate of drug-likeness (QED) is 0.829. The molecule has 0 aliphatic heterocycles. The number of aromatic nitrogens is 4. The van der Waals surface area contributed by atoms with Crippen LogP contribution in [0.5, 0.6) is 0 Å². The molecule has 2 aromatic heterocycles. The predicted octanol–water partition coefficient (Wildman–Crippen LogP) is 0.451. The molecule has 0 saturated carbocycles. The van der Waals surface area contributed by atoms with Crippen LogP contribution in [0.3, 0.4) is 0 Å². The van der Waals surface area contributed by atoms with Gasteiger partial charge >= 0.3 is 0 Å². The van der Waals surface area contributed by atoms with Crippen molar-refractivity contribution >= 4 is 10.0 Å². The molecule has 0 saturated heterocycles. The van der Waals surface area contributed by atoms with Crippen LogP contribution in [0.15, 0.2) is 15.8 Å². The van der Waals surface area contributed by atoms with E-state index in [0.717, 1.165) is 36.9 Å². The van der Waals surface area contributed by atoms with Gasteiger partial charge in [-0.05, 0) is 45.1 Å². The van der Waals surface area contributed by atoms with Crippen molar-refractivity contribution < 1.29 is 8.42 Å².